The van der Waals surface area contributed by atoms with Crippen LogP contribution in [0, 0.1) is 19.7 Å². The third-order valence-corrected chi connectivity index (χ3v) is 4.42. The minimum Gasteiger partial charge on any atom is -0.348 e. The molecular formula is C23H21FN2O2. The minimum atomic E-state index is -0.315. The van der Waals surface area contributed by atoms with Crippen LogP contribution in [0.4, 0.5) is 10.1 Å². The fourth-order valence-electron chi connectivity index (χ4n) is 2.72. The molecule has 0 saturated heterocycles. The highest BCUT2D eigenvalue weighted by molar-refractivity contribution is 6.05. The van der Waals surface area contributed by atoms with Crippen LogP contribution in [0.25, 0.3) is 0 Å². The number of amides is 2. The maximum absolute atomic E-state index is 12.9. The number of hydrogen-bond acceptors (Lipinski definition) is 2. The van der Waals surface area contributed by atoms with E-state index >= 15 is 0 Å². The first-order valence-electron chi connectivity index (χ1n) is 8.94. The number of carbonyl (C=O) groups is 2. The van der Waals surface area contributed by atoms with Gasteiger partial charge in [0.15, 0.2) is 0 Å². The standard InChI is InChI=1S/C23H21FN2O2/c1-15-3-4-16(2)21(13-15)26-23(28)19-9-7-18(8-10-19)22(27)25-14-17-5-11-20(24)12-6-17/h3-13H,14H2,1-2H3,(H,25,27)(H,26,28). The Morgan fingerprint density at radius 2 is 1.43 bits per heavy atom. The average Bonchev–Trinajstić information content (AvgIpc) is 2.70. The van der Waals surface area contributed by atoms with Gasteiger partial charge >= 0.3 is 0 Å². The molecule has 0 aliphatic heterocycles. The molecule has 142 valence electrons. The molecule has 0 bridgehead atoms. The maximum Gasteiger partial charge on any atom is 0.255 e. The lowest BCUT2D eigenvalue weighted by Crippen LogP contribution is -2.23. The van der Waals surface area contributed by atoms with Crippen molar-refractivity contribution in [3.05, 3.63) is 100 Å². The molecule has 5 heteroatoms. The minimum absolute atomic E-state index is 0.230. The number of benzene rings is 3. The summed E-state index contributed by atoms with van der Waals surface area (Å²) in [7, 11) is 0. The Hall–Kier alpha value is -3.47. The second kappa shape index (κ2) is 8.48. The summed E-state index contributed by atoms with van der Waals surface area (Å²) in [6.07, 6.45) is 0. The van der Waals surface area contributed by atoms with Crippen LogP contribution in [0.5, 0.6) is 0 Å². The Kier molecular flexibility index (Phi) is 5.84. The Labute approximate surface area is 163 Å². The van der Waals surface area contributed by atoms with Crippen LogP contribution >= 0.6 is 0 Å². The second-order valence-corrected chi connectivity index (χ2v) is 6.66. The number of hydrogen-bond donors (Lipinski definition) is 2. The van der Waals surface area contributed by atoms with E-state index in [0.29, 0.717) is 17.7 Å². The van der Waals surface area contributed by atoms with Gasteiger partial charge in [-0.3, -0.25) is 9.59 Å². The van der Waals surface area contributed by atoms with E-state index in [1.165, 1.54) is 12.1 Å². The molecule has 3 rings (SSSR count). The van der Waals surface area contributed by atoms with Gasteiger partial charge in [-0.15, -0.1) is 0 Å². The van der Waals surface area contributed by atoms with Crippen LogP contribution in [0.1, 0.15) is 37.4 Å². The zero-order valence-corrected chi connectivity index (χ0v) is 15.8. The summed E-state index contributed by atoms with van der Waals surface area (Å²) >= 11 is 0. The lowest BCUT2D eigenvalue weighted by atomic mass is 10.1. The monoisotopic (exact) mass is 376 g/mol. The third kappa shape index (κ3) is 4.82. The summed E-state index contributed by atoms with van der Waals surface area (Å²) in [6, 6.07) is 18.3. The zero-order valence-electron chi connectivity index (χ0n) is 15.8. The van der Waals surface area contributed by atoms with Crippen molar-refractivity contribution in [3.8, 4) is 0 Å². The van der Waals surface area contributed by atoms with Gasteiger partial charge in [0.05, 0.1) is 0 Å². The van der Waals surface area contributed by atoms with E-state index < -0.39 is 0 Å². The van der Waals surface area contributed by atoms with E-state index in [9.17, 15) is 14.0 Å². The molecule has 0 saturated carbocycles. The largest absolute Gasteiger partial charge is 0.348 e. The Morgan fingerprint density at radius 1 is 0.821 bits per heavy atom. The molecule has 0 aliphatic carbocycles. The molecule has 0 spiro atoms. The summed E-state index contributed by atoms with van der Waals surface area (Å²) in [6.45, 7) is 4.20. The normalized spacial score (nSPS) is 10.4. The van der Waals surface area contributed by atoms with E-state index in [1.807, 2.05) is 32.0 Å². The quantitative estimate of drug-likeness (QED) is 0.682. The molecule has 0 heterocycles. The SMILES string of the molecule is Cc1ccc(C)c(NC(=O)c2ccc(C(=O)NCc3ccc(F)cc3)cc2)c1. The van der Waals surface area contributed by atoms with E-state index in [-0.39, 0.29) is 17.6 Å². The molecule has 0 aromatic heterocycles. The van der Waals surface area contributed by atoms with Crippen LogP contribution in [-0.2, 0) is 6.54 Å². The number of nitrogens with one attached hydrogen (secondary N) is 2. The van der Waals surface area contributed by atoms with Gasteiger partial charge in [-0.2, -0.15) is 0 Å². The topological polar surface area (TPSA) is 58.2 Å². The molecule has 2 N–H and O–H groups in total. The fourth-order valence-corrected chi connectivity index (χ4v) is 2.72. The maximum atomic E-state index is 12.9. The van der Waals surface area contributed by atoms with Crippen molar-refractivity contribution in [2.75, 3.05) is 5.32 Å². The zero-order chi connectivity index (χ0) is 20.1. The van der Waals surface area contributed by atoms with Crippen molar-refractivity contribution in [1.29, 1.82) is 0 Å². The predicted octanol–water partition coefficient (Wildman–Crippen LogP) is 4.62. The molecule has 2 amide bonds. The molecule has 0 fully saturated rings. The molecule has 4 nitrogen and oxygen atoms in total. The van der Waals surface area contributed by atoms with Crippen LogP contribution in [0.3, 0.4) is 0 Å². The van der Waals surface area contributed by atoms with Crippen molar-refractivity contribution >= 4 is 17.5 Å². The first kappa shape index (κ1) is 19.3. The number of anilines is 1. The van der Waals surface area contributed by atoms with Crippen LogP contribution in [0.2, 0.25) is 0 Å². The van der Waals surface area contributed by atoms with Crippen molar-refractivity contribution in [2.45, 2.75) is 20.4 Å². The van der Waals surface area contributed by atoms with Gasteiger partial charge in [0, 0.05) is 23.4 Å². The van der Waals surface area contributed by atoms with E-state index in [1.54, 1.807) is 36.4 Å². The first-order valence-corrected chi connectivity index (χ1v) is 8.94. The summed E-state index contributed by atoms with van der Waals surface area (Å²) < 4.78 is 12.9. The smallest absolute Gasteiger partial charge is 0.255 e. The molecule has 0 atom stereocenters. The van der Waals surface area contributed by atoms with Gasteiger partial charge in [0.25, 0.3) is 11.8 Å². The van der Waals surface area contributed by atoms with Crippen molar-refractivity contribution in [2.24, 2.45) is 0 Å². The van der Waals surface area contributed by atoms with Crippen LogP contribution in [0.15, 0.2) is 66.7 Å². The summed E-state index contributed by atoms with van der Waals surface area (Å²) in [5.41, 5.74) is 4.54. The van der Waals surface area contributed by atoms with Crippen molar-refractivity contribution in [1.82, 2.24) is 5.32 Å². The number of rotatable bonds is 5. The molecule has 28 heavy (non-hydrogen) atoms. The Balaban J connectivity index is 1.62. The van der Waals surface area contributed by atoms with Gasteiger partial charge < -0.3 is 10.6 Å². The lowest BCUT2D eigenvalue weighted by Gasteiger charge is -2.10. The van der Waals surface area contributed by atoms with Gasteiger partial charge in [0.1, 0.15) is 5.82 Å². The molecule has 3 aromatic rings. The molecular weight excluding hydrogens is 355 g/mol. The molecule has 0 radical (unpaired) electrons. The first-order chi connectivity index (χ1) is 13.4. The number of aryl methyl sites for hydroxylation is 2. The number of halogens is 1. The Bertz CT molecular complexity index is 996. The predicted molar refractivity (Wildman–Crippen MR) is 108 cm³/mol. The van der Waals surface area contributed by atoms with Crippen LogP contribution in [-0.4, -0.2) is 11.8 Å². The molecule has 3 aromatic carbocycles. The van der Waals surface area contributed by atoms with Gasteiger partial charge in [-0.1, -0.05) is 24.3 Å². The Morgan fingerprint density at radius 3 is 2.07 bits per heavy atom. The van der Waals surface area contributed by atoms with Gasteiger partial charge in [0.2, 0.25) is 0 Å². The molecule has 0 aliphatic rings. The summed E-state index contributed by atoms with van der Waals surface area (Å²) in [4.78, 5) is 24.7. The van der Waals surface area contributed by atoms with Crippen LogP contribution < -0.4 is 10.6 Å². The second-order valence-electron chi connectivity index (χ2n) is 6.66. The van der Waals surface area contributed by atoms with E-state index in [2.05, 4.69) is 10.6 Å². The van der Waals surface area contributed by atoms with Gasteiger partial charge in [-0.25, -0.2) is 4.39 Å². The highest BCUT2D eigenvalue weighted by Crippen LogP contribution is 2.17. The van der Waals surface area contributed by atoms with Crippen molar-refractivity contribution in [3.63, 3.8) is 0 Å². The highest BCUT2D eigenvalue weighted by Gasteiger charge is 2.10. The third-order valence-electron chi connectivity index (χ3n) is 4.42. The number of carbonyl (C=O) groups excluding carboxylic acids is 2. The fraction of sp³-hybridized carbons (Fsp3) is 0.130. The highest BCUT2D eigenvalue weighted by atomic mass is 19.1. The van der Waals surface area contributed by atoms with Crippen molar-refractivity contribution < 1.29 is 14.0 Å². The van der Waals surface area contributed by atoms with E-state index in [4.69, 9.17) is 0 Å². The summed E-state index contributed by atoms with van der Waals surface area (Å²) in [5, 5.41) is 5.67. The molecule has 0 unspecified atom stereocenters. The van der Waals surface area contributed by atoms with Gasteiger partial charge in [-0.05, 0) is 73.0 Å². The lowest BCUT2D eigenvalue weighted by molar-refractivity contribution is 0.0949. The van der Waals surface area contributed by atoms with E-state index in [0.717, 1.165) is 22.4 Å². The average molecular weight is 376 g/mol. The summed E-state index contributed by atoms with van der Waals surface area (Å²) in [5.74, 6) is -0.803.